The highest BCUT2D eigenvalue weighted by Gasteiger charge is 1.86. The van der Waals surface area contributed by atoms with Crippen LogP contribution in [0.5, 0.6) is 0 Å². The van der Waals surface area contributed by atoms with Gasteiger partial charge in [0.15, 0.2) is 0 Å². The summed E-state index contributed by atoms with van der Waals surface area (Å²) in [5.74, 6) is 0. The maximum Gasteiger partial charge on any atom is 0.235 e. The van der Waals surface area contributed by atoms with Crippen molar-refractivity contribution in [2.75, 3.05) is 0 Å². The zero-order valence-electron chi connectivity index (χ0n) is 6.21. The quantitative estimate of drug-likeness (QED) is 0.578. The number of rotatable bonds is 2. The fourth-order valence-corrected chi connectivity index (χ4v) is 0.711. The molecule has 0 radical (unpaired) electrons. The Balaban J connectivity index is 0.00000121. The average Bonchev–Trinajstić information content (AvgIpc) is 2.03. The lowest BCUT2D eigenvalue weighted by Crippen LogP contribution is -1.81. The van der Waals surface area contributed by atoms with Crippen molar-refractivity contribution in [3.8, 4) is 0 Å². The second-order valence-electron chi connectivity index (χ2n) is 2.01. The van der Waals surface area contributed by atoms with Gasteiger partial charge in [-0.3, -0.25) is 10.1 Å². The van der Waals surface area contributed by atoms with Crippen molar-refractivity contribution in [1.29, 1.82) is 0 Å². The van der Waals surface area contributed by atoms with E-state index in [0.717, 1.165) is 11.8 Å². The molecular weight excluding hydrogens is 222 g/mol. The molecule has 0 aromatic heterocycles. The van der Waals surface area contributed by atoms with Gasteiger partial charge in [0.25, 0.3) is 0 Å². The summed E-state index contributed by atoms with van der Waals surface area (Å²) in [6, 6.07) is 9.14. The molecule has 0 saturated heterocycles. The Labute approximate surface area is 80.6 Å². The SMILES string of the molecule is Br.O=[N+]([O-])C=Cc1ccccc1. The molecule has 0 amide bonds. The lowest BCUT2D eigenvalue weighted by Gasteiger charge is -1.86. The van der Waals surface area contributed by atoms with Crippen LogP contribution in [0.4, 0.5) is 0 Å². The molecule has 0 spiro atoms. The van der Waals surface area contributed by atoms with Crippen LogP contribution in [0, 0.1) is 10.1 Å². The van der Waals surface area contributed by atoms with E-state index in [2.05, 4.69) is 0 Å². The van der Waals surface area contributed by atoms with E-state index in [0.29, 0.717) is 0 Å². The minimum Gasteiger partial charge on any atom is -0.259 e. The number of benzene rings is 1. The molecular formula is C8H8BrNO2. The van der Waals surface area contributed by atoms with Crippen molar-refractivity contribution in [1.82, 2.24) is 0 Å². The second-order valence-corrected chi connectivity index (χ2v) is 2.01. The van der Waals surface area contributed by atoms with Crippen LogP contribution in [0.1, 0.15) is 5.56 Å². The molecule has 0 heterocycles. The molecule has 12 heavy (non-hydrogen) atoms. The molecule has 0 fully saturated rings. The highest BCUT2D eigenvalue weighted by molar-refractivity contribution is 8.93. The number of hydrogen-bond acceptors (Lipinski definition) is 2. The minimum absolute atomic E-state index is 0. The predicted octanol–water partition coefficient (Wildman–Crippen LogP) is 2.51. The smallest absolute Gasteiger partial charge is 0.235 e. The Kier molecular flexibility index (Phi) is 4.96. The fraction of sp³-hybridized carbons (Fsp3) is 0. The van der Waals surface area contributed by atoms with Crippen LogP contribution < -0.4 is 0 Å². The first-order valence-corrected chi connectivity index (χ1v) is 3.16. The van der Waals surface area contributed by atoms with Crippen LogP contribution in [0.25, 0.3) is 6.08 Å². The zero-order valence-corrected chi connectivity index (χ0v) is 7.93. The Morgan fingerprint density at radius 2 is 1.83 bits per heavy atom. The van der Waals surface area contributed by atoms with Crippen LogP contribution in [0.2, 0.25) is 0 Å². The lowest BCUT2D eigenvalue weighted by atomic mass is 10.2. The van der Waals surface area contributed by atoms with Crippen molar-refractivity contribution in [3.05, 3.63) is 52.2 Å². The van der Waals surface area contributed by atoms with Gasteiger partial charge in [-0.25, -0.2) is 0 Å². The first kappa shape index (κ1) is 10.8. The van der Waals surface area contributed by atoms with Gasteiger partial charge in [0, 0.05) is 6.08 Å². The summed E-state index contributed by atoms with van der Waals surface area (Å²) >= 11 is 0. The molecule has 1 rings (SSSR count). The number of nitro groups is 1. The first-order valence-electron chi connectivity index (χ1n) is 3.16. The molecule has 0 unspecified atom stereocenters. The Hall–Kier alpha value is -1.16. The van der Waals surface area contributed by atoms with Gasteiger partial charge in [-0.05, 0) is 5.56 Å². The normalized spacial score (nSPS) is 9.33. The van der Waals surface area contributed by atoms with E-state index in [-0.39, 0.29) is 17.0 Å². The molecule has 3 nitrogen and oxygen atoms in total. The molecule has 4 heteroatoms. The van der Waals surface area contributed by atoms with Crippen LogP contribution in [-0.4, -0.2) is 4.92 Å². The monoisotopic (exact) mass is 229 g/mol. The third kappa shape index (κ3) is 3.88. The summed E-state index contributed by atoms with van der Waals surface area (Å²) in [7, 11) is 0. The number of halogens is 1. The van der Waals surface area contributed by atoms with Gasteiger partial charge in [0.05, 0.1) is 4.92 Å². The maximum absolute atomic E-state index is 9.89. The van der Waals surface area contributed by atoms with Gasteiger partial charge >= 0.3 is 0 Å². The standard InChI is InChI=1S/C8H7NO2.BrH/c10-9(11)7-6-8-4-2-1-3-5-8;/h1-7H;1H. The Bertz CT molecular complexity index is 272. The molecule has 1 aromatic rings. The number of hydrogen-bond donors (Lipinski definition) is 0. The summed E-state index contributed by atoms with van der Waals surface area (Å²) in [6.45, 7) is 0. The molecule has 0 bridgehead atoms. The van der Waals surface area contributed by atoms with Gasteiger partial charge in [-0.15, -0.1) is 17.0 Å². The van der Waals surface area contributed by atoms with Gasteiger partial charge in [0.1, 0.15) is 0 Å². The van der Waals surface area contributed by atoms with E-state index in [9.17, 15) is 10.1 Å². The van der Waals surface area contributed by atoms with Crippen molar-refractivity contribution >= 4 is 23.1 Å². The average molecular weight is 230 g/mol. The van der Waals surface area contributed by atoms with Crippen LogP contribution in [0.15, 0.2) is 36.5 Å². The lowest BCUT2D eigenvalue weighted by molar-refractivity contribution is -0.400. The predicted molar refractivity (Wildman–Crippen MR) is 52.8 cm³/mol. The van der Waals surface area contributed by atoms with E-state index in [1.54, 1.807) is 12.1 Å². The van der Waals surface area contributed by atoms with Crippen LogP contribution in [-0.2, 0) is 0 Å². The van der Waals surface area contributed by atoms with Gasteiger partial charge in [-0.2, -0.15) is 0 Å². The van der Waals surface area contributed by atoms with E-state index < -0.39 is 4.92 Å². The van der Waals surface area contributed by atoms with Crippen molar-refractivity contribution in [3.63, 3.8) is 0 Å². The van der Waals surface area contributed by atoms with Crippen molar-refractivity contribution in [2.45, 2.75) is 0 Å². The van der Waals surface area contributed by atoms with Gasteiger partial charge in [0.2, 0.25) is 6.20 Å². The maximum atomic E-state index is 9.89. The highest BCUT2D eigenvalue weighted by Crippen LogP contribution is 1.99. The highest BCUT2D eigenvalue weighted by atomic mass is 79.9. The topological polar surface area (TPSA) is 43.1 Å². The second kappa shape index (κ2) is 5.49. The number of nitrogens with zero attached hydrogens (tertiary/aromatic N) is 1. The Morgan fingerprint density at radius 1 is 1.25 bits per heavy atom. The molecule has 0 aliphatic carbocycles. The summed E-state index contributed by atoms with van der Waals surface area (Å²) in [6.07, 6.45) is 2.38. The minimum atomic E-state index is -0.479. The summed E-state index contributed by atoms with van der Waals surface area (Å²) in [5, 5.41) is 9.89. The first-order chi connectivity index (χ1) is 5.29. The van der Waals surface area contributed by atoms with E-state index in [4.69, 9.17) is 0 Å². The molecule has 0 saturated carbocycles. The van der Waals surface area contributed by atoms with E-state index in [1.807, 2.05) is 18.2 Å². The molecule has 0 N–H and O–H groups in total. The summed E-state index contributed by atoms with van der Waals surface area (Å²) in [4.78, 5) is 9.41. The summed E-state index contributed by atoms with van der Waals surface area (Å²) < 4.78 is 0. The van der Waals surface area contributed by atoms with Crippen LogP contribution in [0.3, 0.4) is 0 Å². The fourth-order valence-electron chi connectivity index (χ4n) is 0.711. The zero-order chi connectivity index (χ0) is 8.10. The van der Waals surface area contributed by atoms with Gasteiger partial charge < -0.3 is 0 Å². The van der Waals surface area contributed by atoms with Crippen molar-refractivity contribution < 1.29 is 4.92 Å². The third-order valence-corrected chi connectivity index (χ3v) is 1.19. The molecule has 0 atom stereocenters. The molecule has 0 aliphatic heterocycles. The molecule has 64 valence electrons. The van der Waals surface area contributed by atoms with Gasteiger partial charge in [-0.1, -0.05) is 30.3 Å². The molecule has 0 aliphatic rings. The largest absolute Gasteiger partial charge is 0.259 e. The summed E-state index contributed by atoms with van der Waals surface area (Å²) in [5.41, 5.74) is 0.837. The molecule has 1 aromatic carbocycles. The van der Waals surface area contributed by atoms with Crippen LogP contribution >= 0.6 is 17.0 Å². The van der Waals surface area contributed by atoms with Crippen molar-refractivity contribution in [2.24, 2.45) is 0 Å². The van der Waals surface area contributed by atoms with E-state index >= 15 is 0 Å². The Morgan fingerprint density at radius 3 is 2.33 bits per heavy atom. The third-order valence-electron chi connectivity index (χ3n) is 1.19. The van der Waals surface area contributed by atoms with E-state index in [1.165, 1.54) is 6.08 Å².